The van der Waals surface area contributed by atoms with E-state index >= 15 is 0 Å². The van der Waals surface area contributed by atoms with Gasteiger partial charge in [-0.3, -0.25) is 4.99 Å². The summed E-state index contributed by atoms with van der Waals surface area (Å²) in [6.07, 6.45) is 2.94. The standard InChI is InChI=1S/C20H19ClFN3O2S2/c1-28-19-18(14-5-3-2-4-6-14)23-20(24-19)9-11-25(12-10-20)29(26,27)15-7-8-17(22)16(21)13-15/h2-8,13H,9-12H2,1H3. The summed E-state index contributed by atoms with van der Waals surface area (Å²) in [4.78, 5) is 9.76. The van der Waals surface area contributed by atoms with Crippen molar-refractivity contribution in [1.29, 1.82) is 0 Å². The van der Waals surface area contributed by atoms with Crippen LogP contribution in [0.4, 0.5) is 4.39 Å². The fraction of sp³-hybridized carbons (Fsp3) is 0.300. The fourth-order valence-corrected chi connectivity index (χ4v) is 5.88. The van der Waals surface area contributed by atoms with E-state index in [2.05, 4.69) is 0 Å². The minimum atomic E-state index is -3.75. The van der Waals surface area contributed by atoms with E-state index in [4.69, 9.17) is 21.6 Å². The molecule has 0 aromatic heterocycles. The number of sulfonamides is 1. The molecule has 0 atom stereocenters. The first-order chi connectivity index (χ1) is 13.8. The van der Waals surface area contributed by atoms with Crippen molar-refractivity contribution in [2.45, 2.75) is 23.4 Å². The van der Waals surface area contributed by atoms with Crippen molar-refractivity contribution in [2.75, 3.05) is 19.3 Å². The average Bonchev–Trinajstić information content (AvgIpc) is 3.09. The summed E-state index contributed by atoms with van der Waals surface area (Å²) in [5, 5.41) is 0.666. The fourth-order valence-electron chi connectivity index (χ4n) is 3.54. The summed E-state index contributed by atoms with van der Waals surface area (Å²) in [7, 11) is -3.75. The van der Waals surface area contributed by atoms with Crippen molar-refractivity contribution in [3.8, 4) is 0 Å². The van der Waals surface area contributed by atoms with Crippen LogP contribution in [0, 0.1) is 5.82 Å². The first-order valence-electron chi connectivity index (χ1n) is 9.09. The Labute approximate surface area is 178 Å². The summed E-state index contributed by atoms with van der Waals surface area (Å²) in [5.41, 5.74) is 1.24. The third-order valence-electron chi connectivity index (χ3n) is 5.12. The number of benzene rings is 2. The molecule has 2 aromatic carbocycles. The highest BCUT2D eigenvalue weighted by Crippen LogP contribution is 2.36. The van der Waals surface area contributed by atoms with Gasteiger partial charge in [0.2, 0.25) is 10.0 Å². The third kappa shape index (κ3) is 3.86. The summed E-state index contributed by atoms with van der Waals surface area (Å²) >= 11 is 7.31. The topological polar surface area (TPSA) is 62.1 Å². The van der Waals surface area contributed by atoms with Gasteiger partial charge in [-0.05, 0) is 24.5 Å². The minimum Gasteiger partial charge on any atom is -0.252 e. The molecule has 152 valence electrons. The number of nitrogens with zero attached hydrogens (tertiary/aromatic N) is 3. The Morgan fingerprint density at radius 1 is 1.10 bits per heavy atom. The van der Waals surface area contributed by atoms with Gasteiger partial charge in [0.05, 0.1) is 15.6 Å². The zero-order chi connectivity index (χ0) is 20.6. The SMILES string of the molecule is CSC1=NC2(CCN(S(=O)(=O)c3ccc(F)c(Cl)c3)CC2)N=C1c1ccccc1. The number of rotatable bonds is 3. The number of hydrogen-bond acceptors (Lipinski definition) is 5. The molecule has 5 nitrogen and oxygen atoms in total. The van der Waals surface area contributed by atoms with E-state index in [0.717, 1.165) is 28.5 Å². The lowest BCUT2D eigenvalue weighted by Crippen LogP contribution is -2.44. The molecule has 2 aromatic rings. The number of aliphatic imine (C=N–C) groups is 2. The van der Waals surface area contributed by atoms with Gasteiger partial charge in [-0.1, -0.05) is 41.9 Å². The van der Waals surface area contributed by atoms with Crippen LogP contribution < -0.4 is 0 Å². The highest BCUT2D eigenvalue weighted by atomic mass is 35.5. The molecular formula is C20H19ClFN3O2S2. The number of thioether (sulfide) groups is 1. The molecule has 1 spiro atoms. The van der Waals surface area contributed by atoms with E-state index in [0.29, 0.717) is 12.8 Å². The van der Waals surface area contributed by atoms with Gasteiger partial charge in [-0.25, -0.2) is 17.8 Å². The number of halogens is 2. The molecule has 0 aliphatic carbocycles. The second-order valence-corrected chi connectivity index (χ2v) is 10.1. The number of hydrogen-bond donors (Lipinski definition) is 0. The Kier molecular flexibility index (Phi) is 5.54. The predicted octanol–water partition coefficient (Wildman–Crippen LogP) is 4.22. The molecule has 0 radical (unpaired) electrons. The second kappa shape index (κ2) is 7.83. The summed E-state index contributed by atoms with van der Waals surface area (Å²) in [5.74, 6) is -0.643. The Morgan fingerprint density at radius 3 is 2.41 bits per heavy atom. The minimum absolute atomic E-state index is 0.00643. The average molecular weight is 452 g/mol. The first-order valence-corrected chi connectivity index (χ1v) is 12.1. The van der Waals surface area contributed by atoms with Crippen LogP contribution in [0.15, 0.2) is 63.4 Å². The molecule has 0 unspecified atom stereocenters. The molecule has 0 saturated carbocycles. The Hall–Kier alpha value is -1.74. The van der Waals surface area contributed by atoms with Crippen LogP contribution in [0.25, 0.3) is 0 Å². The van der Waals surface area contributed by atoms with Gasteiger partial charge in [-0.2, -0.15) is 4.31 Å². The van der Waals surface area contributed by atoms with E-state index in [1.54, 1.807) is 11.8 Å². The highest BCUT2D eigenvalue weighted by molar-refractivity contribution is 8.15. The summed E-state index contributed by atoms with van der Waals surface area (Å²) < 4.78 is 40.7. The van der Waals surface area contributed by atoms with Gasteiger partial charge in [-0.15, -0.1) is 11.8 Å². The molecule has 0 amide bonds. The second-order valence-electron chi connectivity index (χ2n) is 6.91. The Balaban J connectivity index is 1.57. The van der Waals surface area contributed by atoms with E-state index in [9.17, 15) is 12.8 Å². The number of piperidine rings is 1. The zero-order valence-electron chi connectivity index (χ0n) is 15.7. The van der Waals surface area contributed by atoms with E-state index in [1.807, 2.05) is 36.6 Å². The van der Waals surface area contributed by atoms with Crippen molar-refractivity contribution in [1.82, 2.24) is 4.31 Å². The molecular weight excluding hydrogens is 433 g/mol. The maximum Gasteiger partial charge on any atom is 0.243 e. The van der Waals surface area contributed by atoms with Gasteiger partial charge in [0.15, 0.2) is 5.66 Å². The smallest absolute Gasteiger partial charge is 0.243 e. The molecule has 4 rings (SSSR count). The van der Waals surface area contributed by atoms with Crippen LogP contribution >= 0.6 is 23.4 Å². The maximum absolute atomic E-state index is 13.4. The van der Waals surface area contributed by atoms with Crippen LogP contribution in [0.5, 0.6) is 0 Å². The lowest BCUT2D eigenvalue weighted by atomic mass is 10.00. The van der Waals surface area contributed by atoms with Gasteiger partial charge in [0, 0.05) is 31.5 Å². The largest absolute Gasteiger partial charge is 0.252 e. The van der Waals surface area contributed by atoms with Crippen LogP contribution in [-0.4, -0.2) is 48.5 Å². The van der Waals surface area contributed by atoms with Crippen LogP contribution in [-0.2, 0) is 10.0 Å². The summed E-state index contributed by atoms with van der Waals surface area (Å²) in [6, 6.07) is 13.4. The van der Waals surface area contributed by atoms with Crippen molar-refractivity contribution >= 4 is 44.1 Å². The van der Waals surface area contributed by atoms with E-state index < -0.39 is 21.5 Å². The highest BCUT2D eigenvalue weighted by Gasteiger charge is 2.42. The summed E-state index contributed by atoms with van der Waals surface area (Å²) in [6.45, 7) is 0.572. The van der Waals surface area contributed by atoms with Crippen molar-refractivity contribution in [2.24, 2.45) is 9.98 Å². The lowest BCUT2D eigenvalue weighted by Gasteiger charge is -2.34. The molecule has 1 fully saturated rings. The molecule has 29 heavy (non-hydrogen) atoms. The van der Waals surface area contributed by atoms with E-state index in [-0.39, 0.29) is 23.0 Å². The van der Waals surface area contributed by atoms with Crippen LogP contribution in [0.1, 0.15) is 18.4 Å². The molecule has 2 aliphatic heterocycles. The van der Waals surface area contributed by atoms with E-state index in [1.165, 1.54) is 10.4 Å². The molecule has 9 heteroatoms. The van der Waals surface area contributed by atoms with Crippen molar-refractivity contribution in [3.63, 3.8) is 0 Å². The zero-order valence-corrected chi connectivity index (χ0v) is 18.1. The maximum atomic E-state index is 13.4. The molecule has 2 heterocycles. The molecule has 0 N–H and O–H groups in total. The van der Waals surface area contributed by atoms with Crippen molar-refractivity contribution < 1.29 is 12.8 Å². The quantitative estimate of drug-likeness (QED) is 0.701. The van der Waals surface area contributed by atoms with Crippen LogP contribution in [0.3, 0.4) is 0 Å². The molecule has 1 saturated heterocycles. The lowest BCUT2D eigenvalue weighted by molar-refractivity contribution is 0.249. The monoisotopic (exact) mass is 451 g/mol. The Morgan fingerprint density at radius 2 is 1.79 bits per heavy atom. The van der Waals surface area contributed by atoms with Crippen molar-refractivity contribution in [3.05, 3.63) is 64.9 Å². The van der Waals surface area contributed by atoms with Gasteiger partial charge >= 0.3 is 0 Å². The predicted molar refractivity (Wildman–Crippen MR) is 116 cm³/mol. The molecule has 2 aliphatic rings. The van der Waals surface area contributed by atoms with Crippen LogP contribution in [0.2, 0.25) is 5.02 Å². The van der Waals surface area contributed by atoms with Gasteiger partial charge < -0.3 is 0 Å². The first kappa shape index (κ1) is 20.5. The normalized spacial score (nSPS) is 19.3. The molecule has 0 bridgehead atoms. The Bertz CT molecular complexity index is 1100. The van der Waals surface area contributed by atoms with Gasteiger partial charge in [0.1, 0.15) is 10.9 Å². The van der Waals surface area contributed by atoms with Gasteiger partial charge in [0.25, 0.3) is 0 Å². The third-order valence-corrected chi connectivity index (χ3v) is 7.98.